The molecule has 0 atom stereocenters. The molecule has 1 fully saturated rings. The Morgan fingerprint density at radius 2 is 1.87 bits per heavy atom. The molecule has 1 amide bonds. The highest BCUT2D eigenvalue weighted by Gasteiger charge is 2.15. The number of amides is 1. The number of furan rings is 1. The van der Waals surface area contributed by atoms with Crippen molar-refractivity contribution in [2.75, 3.05) is 45.8 Å². The van der Waals surface area contributed by atoms with Gasteiger partial charge in [-0.05, 0) is 38.1 Å². The largest absolute Gasteiger partial charge is 0.448 e. The number of hydrogen-bond acceptors (Lipinski definition) is 6. The van der Waals surface area contributed by atoms with Crippen LogP contribution in [0.25, 0.3) is 0 Å². The van der Waals surface area contributed by atoms with Crippen LogP contribution in [0.4, 0.5) is 0 Å². The van der Waals surface area contributed by atoms with Gasteiger partial charge in [-0.3, -0.25) is 9.59 Å². The summed E-state index contributed by atoms with van der Waals surface area (Å²) in [6.45, 7) is 4.98. The summed E-state index contributed by atoms with van der Waals surface area (Å²) in [7, 11) is 0. The Labute approximate surface area is 136 Å². The number of nitrogens with zero attached hydrogens (tertiary/aromatic N) is 1. The van der Waals surface area contributed by atoms with Crippen LogP contribution in [0.5, 0.6) is 0 Å². The number of carbonyl (C=O) groups is 2. The number of Topliss-reactive ketones (excluding diaryl/α,β-unsaturated/α-hetero) is 1. The monoisotopic (exact) mass is 322 g/mol. The Hall–Kier alpha value is -1.70. The Bertz CT molecular complexity index is 509. The molecule has 1 aromatic heterocycles. The summed E-state index contributed by atoms with van der Waals surface area (Å²) in [5.74, 6) is -0.169. The molecule has 23 heavy (non-hydrogen) atoms. The zero-order chi connectivity index (χ0) is 16.5. The minimum atomic E-state index is -0.354. The van der Waals surface area contributed by atoms with E-state index in [4.69, 9.17) is 10.2 Å². The molecule has 128 valence electrons. The lowest BCUT2D eigenvalue weighted by atomic mass is 10.1. The van der Waals surface area contributed by atoms with Gasteiger partial charge in [-0.15, -0.1) is 0 Å². The second-order valence-corrected chi connectivity index (χ2v) is 5.71. The molecule has 2 heterocycles. The highest BCUT2D eigenvalue weighted by atomic mass is 16.4. The average Bonchev–Trinajstić information content (AvgIpc) is 3.07. The third-order valence-corrected chi connectivity index (χ3v) is 3.87. The number of rotatable bonds is 9. The van der Waals surface area contributed by atoms with Crippen LogP contribution < -0.4 is 16.4 Å². The molecule has 7 nitrogen and oxygen atoms in total. The lowest BCUT2D eigenvalue weighted by molar-refractivity contribution is 0.0915. The van der Waals surface area contributed by atoms with Gasteiger partial charge in [-0.1, -0.05) is 6.42 Å². The Morgan fingerprint density at radius 1 is 1.13 bits per heavy atom. The van der Waals surface area contributed by atoms with Gasteiger partial charge in [0.15, 0.2) is 11.5 Å². The minimum absolute atomic E-state index is 0.134. The Balaban J connectivity index is 1.69. The summed E-state index contributed by atoms with van der Waals surface area (Å²) in [4.78, 5) is 26.1. The molecule has 0 unspecified atom stereocenters. The van der Waals surface area contributed by atoms with Crippen LogP contribution in [-0.4, -0.2) is 62.4 Å². The first kappa shape index (κ1) is 17.7. The fraction of sp³-hybridized carbons (Fsp3) is 0.625. The quantitative estimate of drug-likeness (QED) is 0.444. The predicted octanol–water partition coefficient (Wildman–Crippen LogP) is 0.226. The normalized spacial score (nSPS) is 15.5. The van der Waals surface area contributed by atoms with Gasteiger partial charge in [0.1, 0.15) is 0 Å². The second kappa shape index (κ2) is 9.44. The first-order chi connectivity index (χ1) is 11.2. The zero-order valence-electron chi connectivity index (χ0n) is 13.5. The minimum Gasteiger partial charge on any atom is -0.448 e. The SMILES string of the molecule is NCCNC(=O)c1ccc(C(=O)CNCCN2CCCCC2)o1. The fourth-order valence-electron chi connectivity index (χ4n) is 2.59. The molecule has 4 N–H and O–H groups in total. The highest BCUT2D eigenvalue weighted by Crippen LogP contribution is 2.09. The lowest BCUT2D eigenvalue weighted by Gasteiger charge is -2.26. The molecule has 0 aromatic carbocycles. The molecule has 0 spiro atoms. The summed E-state index contributed by atoms with van der Waals surface area (Å²) in [6.07, 6.45) is 3.85. The third-order valence-electron chi connectivity index (χ3n) is 3.87. The number of piperidine rings is 1. The van der Waals surface area contributed by atoms with Gasteiger partial charge in [0.05, 0.1) is 6.54 Å². The van der Waals surface area contributed by atoms with Gasteiger partial charge in [0, 0.05) is 26.2 Å². The van der Waals surface area contributed by atoms with Crippen molar-refractivity contribution in [1.82, 2.24) is 15.5 Å². The number of likely N-dealkylation sites (tertiary alicyclic amines) is 1. The molecule has 1 aromatic rings. The Morgan fingerprint density at radius 3 is 2.61 bits per heavy atom. The van der Waals surface area contributed by atoms with Gasteiger partial charge in [0.25, 0.3) is 5.91 Å². The van der Waals surface area contributed by atoms with Crippen molar-refractivity contribution < 1.29 is 14.0 Å². The standard InChI is InChI=1S/C16H26N4O3/c17-6-7-19-16(22)15-5-4-14(23-15)13(21)12-18-8-11-20-9-2-1-3-10-20/h4-5,18H,1-3,6-12,17H2,(H,19,22). The third kappa shape index (κ3) is 5.78. The first-order valence-electron chi connectivity index (χ1n) is 8.25. The maximum atomic E-state index is 12.0. The average molecular weight is 322 g/mol. The molecule has 1 saturated heterocycles. The van der Waals surface area contributed by atoms with Gasteiger partial charge in [-0.25, -0.2) is 0 Å². The van der Waals surface area contributed by atoms with Crippen molar-refractivity contribution in [2.45, 2.75) is 19.3 Å². The van der Waals surface area contributed by atoms with E-state index in [1.165, 1.54) is 31.4 Å². The molecular weight excluding hydrogens is 296 g/mol. The number of hydrogen-bond donors (Lipinski definition) is 3. The summed E-state index contributed by atoms with van der Waals surface area (Å²) in [6, 6.07) is 3.04. The molecular formula is C16H26N4O3. The number of nitrogens with one attached hydrogen (secondary N) is 2. The van der Waals surface area contributed by atoms with Gasteiger partial charge in [-0.2, -0.15) is 0 Å². The van der Waals surface area contributed by atoms with E-state index in [2.05, 4.69) is 15.5 Å². The Kier molecular flexibility index (Phi) is 7.25. The van der Waals surface area contributed by atoms with E-state index in [1.54, 1.807) is 0 Å². The summed E-state index contributed by atoms with van der Waals surface area (Å²) in [5, 5.41) is 5.73. The molecule has 0 saturated carbocycles. The van der Waals surface area contributed by atoms with Crippen molar-refractivity contribution in [3.05, 3.63) is 23.7 Å². The summed E-state index contributed by atoms with van der Waals surface area (Å²) in [5.41, 5.74) is 5.32. The second-order valence-electron chi connectivity index (χ2n) is 5.71. The van der Waals surface area contributed by atoms with Crippen molar-refractivity contribution in [3.63, 3.8) is 0 Å². The molecule has 0 bridgehead atoms. The maximum absolute atomic E-state index is 12.0. The van der Waals surface area contributed by atoms with Crippen molar-refractivity contribution in [3.8, 4) is 0 Å². The zero-order valence-corrected chi connectivity index (χ0v) is 13.5. The number of ketones is 1. The predicted molar refractivity (Wildman–Crippen MR) is 87.6 cm³/mol. The van der Waals surface area contributed by atoms with Crippen molar-refractivity contribution in [1.29, 1.82) is 0 Å². The van der Waals surface area contributed by atoms with Crippen LogP contribution in [0.2, 0.25) is 0 Å². The highest BCUT2D eigenvalue weighted by molar-refractivity contribution is 5.97. The first-order valence-corrected chi connectivity index (χ1v) is 8.25. The van der Waals surface area contributed by atoms with Crippen LogP contribution in [0.3, 0.4) is 0 Å². The molecule has 2 rings (SSSR count). The van der Waals surface area contributed by atoms with E-state index < -0.39 is 0 Å². The van der Waals surface area contributed by atoms with E-state index in [0.717, 1.165) is 26.2 Å². The van der Waals surface area contributed by atoms with E-state index in [1.807, 2.05) is 0 Å². The van der Waals surface area contributed by atoms with Crippen molar-refractivity contribution in [2.24, 2.45) is 5.73 Å². The van der Waals surface area contributed by atoms with E-state index in [9.17, 15) is 9.59 Å². The molecule has 1 aliphatic heterocycles. The van der Waals surface area contributed by atoms with E-state index >= 15 is 0 Å². The van der Waals surface area contributed by atoms with Crippen LogP contribution in [0.1, 0.15) is 40.4 Å². The van der Waals surface area contributed by atoms with Gasteiger partial charge >= 0.3 is 0 Å². The summed E-state index contributed by atoms with van der Waals surface area (Å²) >= 11 is 0. The summed E-state index contributed by atoms with van der Waals surface area (Å²) < 4.78 is 5.30. The molecule has 1 aliphatic rings. The van der Waals surface area contributed by atoms with Crippen LogP contribution >= 0.6 is 0 Å². The molecule has 0 aliphatic carbocycles. The van der Waals surface area contributed by atoms with Crippen LogP contribution in [-0.2, 0) is 0 Å². The topological polar surface area (TPSA) is 101 Å². The van der Waals surface area contributed by atoms with Gasteiger partial charge in [0.2, 0.25) is 5.78 Å². The smallest absolute Gasteiger partial charge is 0.287 e. The lowest BCUT2D eigenvalue weighted by Crippen LogP contribution is -2.37. The van der Waals surface area contributed by atoms with E-state index in [0.29, 0.717) is 13.1 Å². The van der Waals surface area contributed by atoms with E-state index in [-0.39, 0.29) is 29.8 Å². The fourth-order valence-corrected chi connectivity index (χ4v) is 2.59. The van der Waals surface area contributed by atoms with Crippen molar-refractivity contribution >= 4 is 11.7 Å². The van der Waals surface area contributed by atoms with Gasteiger partial charge < -0.3 is 25.7 Å². The maximum Gasteiger partial charge on any atom is 0.287 e. The molecule has 0 radical (unpaired) electrons. The number of carbonyl (C=O) groups excluding carboxylic acids is 2. The van der Waals surface area contributed by atoms with Crippen LogP contribution in [0.15, 0.2) is 16.5 Å². The van der Waals surface area contributed by atoms with Crippen LogP contribution in [0, 0.1) is 0 Å². The molecule has 7 heteroatoms. The number of nitrogens with two attached hydrogens (primary N) is 1.